The first-order chi connectivity index (χ1) is 14.0. The molecule has 29 heavy (non-hydrogen) atoms. The van der Waals surface area contributed by atoms with E-state index in [2.05, 4.69) is 0 Å². The van der Waals surface area contributed by atoms with Gasteiger partial charge >= 0.3 is 0 Å². The van der Waals surface area contributed by atoms with Crippen molar-refractivity contribution in [2.75, 3.05) is 20.8 Å². The fraction of sp³-hybridized carbons (Fsp3) is 0.273. The number of Topliss-reactive ketones (excluding diaryl/α,β-unsaturated/α-hetero) is 2. The first kappa shape index (κ1) is 17.6. The van der Waals surface area contributed by atoms with Crippen LogP contribution in [0.4, 0.5) is 0 Å². The van der Waals surface area contributed by atoms with Crippen LogP contribution in [-0.4, -0.2) is 38.5 Å². The number of rotatable bonds is 3. The summed E-state index contributed by atoms with van der Waals surface area (Å²) in [6, 6.07) is 8.49. The van der Waals surface area contributed by atoms with E-state index in [9.17, 15) is 9.59 Å². The van der Waals surface area contributed by atoms with Crippen molar-refractivity contribution in [1.29, 1.82) is 0 Å². The summed E-state index contributed by atoms with van der Waals surface area (Å²) in [5.41, 5.74) is 1.66. The van der Waals surface area contributed by atoms with Gasteiger partial charge in [-0.05, 0) is 24.3 Å². The van der Waals surface area contributed by atoms with Crippen molar-refractivity contribution in [2.45, 2.75) is 18.9 Å². The molecule has 0 spiro atoms. The third-order valence-corrected chi connectivity index (χ3v) is 5.44. The lowest BCUT2D eigenvalue weighted by molar-refractivity contribution is 0.0566. The zero-order valence-electron chi connectivity index (χ0n) is 16.1. The number of benzene rings is 2. The molecule has 148 valence electrons. The molecule has 0 aliphatic carbocycles. The number of hydrogen-bond acceptors (Lipinski definition) is 7. The summed E-state index contributed by atoms with van der Waals surface area (Å²) in [7, 11) is 3.09. The minimum atomic E-state index is -0.525. The van der Waals surface area contributed by atoms with Crippen LogP contribution >= 0.6 is 0 Å². The molecule has 0 unspecified atom stereocenters. The van der Waals surface area contributed by atoms with Crippen molar-refractivity contribution in [2.24, 2.45) is 0 Å². The third kappa shape index (κ3) is 2.50. The van der Waals surface area contributed by atoms with E-state index in [0.717, 1.165) is 0 Å². The van der Waals surface area contributed by atoms with Crippen LogP contribution in [-0.2, 0) is 0 Å². The van der Waals surface area contributed by atoms with E-state index in [4.69, 9.17) is 23.4 Å². The van der Waals surface area contributed by atoms with Gasteiger partial charge in [-0.15, -0.1) is 0 Å². The van der Waals surface area contributed by atoms with Gasteiger partial charge in [0.05, 0.1) is 31.1 Å². The van der Waals surface area contributed by atoms with E-state index in [1.54, 1.807) is 44.6 Å². The predicted octanol–water partition coefficient (Wildman–Crippen LogP) is 3.77. The fourth-order valence-electron chi connectivity index (χ4n) is 4.02. The van der Waals surface area contributed by atoms with E-state index in [-0.39, 0.29) is 23.9 Å². The van der Waals surface area contributed by atoms with Crippen LogP contribution in [0.5, 0.6) is 23.0 Å². The summed E-state index contributed by atoms with van der Waals surface area (Å²) >= 11 is 0. The highest BCUT2D eigenvalue weighted by Gasteiger charge is 2.44. The summed E-state index contributed by atoms with van der Waals surface area (Å²) in [5, 5.41) is 0.609. The van der Waals surface area contributed by atoms with Crippen molar-refractivity contribution in [3.63, 3.8) is 0 Å². The molecule has 2 aromatic carbocycles. The van der Waals surface area contributed by atoms with Crippen LogP contribution in [0.15, 0.2) is 34.7 Å². The highest BCUT2D eigenvalue weighted by molar-refractivity contribution is 6.10. The van der Waals surface area contributed by atoms with E-state index in [1.807, 2.05) is 0 Å². The molecule has 2 aliphatic heterocycles. The fourth-order valence-corrected chi connectivity index (χ4v) is 4.02. The number of fused-ring (bicyclic) bond motifs is 6. The Labute approximate surface area is 166 Å². The molecule has 7 nitrogen and oxygen atoms in total. The Balaban J connectivity index is 1.65. The number of hydrogen-bond donors (Lipinski definition) is 0. The van der Waals surface area contributed by atoms with Crippen LogP contribution in [0.1, 0.15) is 39.3 Å². The van der Waals surface area contributed by atoms with E-state index >= 15 is 0 Å². The van der Waals surface area contributed by atoms with Gasteiger partial charge in [-0.1, -0.05) is 0 Å². The first-order valence-corrected chi connectivity index (χ1v) is 9.19. The van der Waals surface area contributed by atoms with Gasteiger partial charge in [-0.25, -0.2) is 0 Å². The molecule has 0 amide bonds. The highest BCUT2D eigenvalue weighted by atomic mass is 16.5. The SMILES string of the molecule is COc1cc2c(cc1OC)[C@@H]1C(=O)c3ccc4oc(C(C)=O)cc4c3O[C@@H]1CO2. The molecule has 0 N–H and O–H groups in total. The molecule has 7 heteroatoms. The summed E-state index contributed by atoms with van der Waals surface area (Å²) in [6.07, 6.45) is -0.498. The number of methoxy groups -OCH3 is 2. The Morgan fingerprint density at radius 1 is 1.10 bits per heavy atom. The lowest BCUT2D eigenvalue weighted by Crippen LogP contribution is -2.43. The smallest absolute Gasteiger partial charge is 0.194 e. The Morgan fingerprint density at radius 2 is 1.86 bits per heavy atom. The highest BCUT2D eigenvalue weighted by Crippen LogP contribution is 2.48. The molecule has 0 radical (unpaired) electrons. The molecule has 0 bridgehead atoms. The van der Waals surface area contributed by atoms with Crippen molar-refractivity contribution in [1.82, 2.24) is 0 Å². The average molecular weight is 394 g/mol. The lowest BCUT2D eigenvalue weighted by atomic mass is 9.81. The zero-order chi connectivity index (χ0) is 20.3. The lowest BCUT2D eigenvalue weighted by Gasteiger charge is -2.37. The molecule has 0 saturated carbocycles. The van der Waals surface area contributed by atoms with Crippen molar-refractivity contribution in [3.05, 3.63) is 47.2 Å². The Kier molecular flexibility index (Phi) is 3.81. The van der Waals surface area contributed by atoms with Crippen LogP contribution in [0.25, 0.3) is 11.0 Å². The Bertz CT molecular complexity index is 1170. The van der Waals surface area contributed by atoms with Crippen molar-refractivity contribution < 1.29 is 33.0 Å². The second kappa shape index (κ2) is 6.27. The van der Waals surface area contributed by atoms with E-state index in [1.165, 1.54) is 6.92 Å². The molecule has 3 heterocycles. The van der Waals surface area contributed by atoms with Gasteiger partial charge in [0.1, 0.15) is 29.8 Å². The third-order valence-electron chi connectivity index (χ3n) is 5.44. The minimum Gasteiger partial charge on any atom is -0.493 e. The zero-order valence-corrected chi connectivity index (χ0v) is 16.1. The molecule has 3 aromatic rings. The Hall–Kier alpha value is -3.48. The van der Waals surface area contributed by atoms with Gasteiger partial charge in [0.15, 0.2) is 28.8 Å². The standard InChI is InChI=1S/C22H18O7/c1-10(23)15-7-13-14(28-15)5-4-11-21(24)20-12-6-17(25-2)18(26-3)8-16(12)27-9-19(20)29-22(11)13/h4-8,19-20H,9H2,1-3H3/t19-,20+/m1/s1. The quantitative estimate of drug-likeness (QED) is 0.625. The minimum absolute atomic E-state index is 0.0690. The molecule has 1 aromatic heterocycles. The number of carbonyl (C=O) groups is 2. The number of ketones is 2. The number of ether oxygens (including phenoxy) is 4. The van der Waals surface area contributed by atoms with Crippen LogP contribution in [0.2, 0.25) is 0 Å². The maximum absolute atomic E-state index is 13.4. The summed E-state index contributed by atoms with van der Waals surface area (Å²) in [4.78, 5) is 25.1. The number of carbonyl (C=O) groups excluding carboxylic acids is 2. The largest absolute Gasteiger partial charge is 0.493 e. The molecule has 0 saturated heterocycles. The van der Waals surface area contributed by atoms with Gasteiger partial charge in [0, 0.05) is 18.6 Å². The summed E-state index contributed by atoms with van der Waals surface area (Å²) < 4.78 is 28.4. The van der Waals surface area contributed by atoms with Crippen molar-refractivity contribution in [3.8, 4) is 23.0 Å². The monoisotopic (exact) mass is 394 g/mol. The predicted molar refractivity (Wildman–Crippen MR) is 103 cm³/mol. The van der Waals surface area contributed by atoms with Crippen LogP contribution in [0.3, 0.4) is 0 Å². The van der Waals surface area contributed by atoms with Crippen LogP contribution < -0.4 is 18.9 Å². The van der Waals surface area contributed by atoms with E-state index < -0.39 is 12.0 Å². The molecular weight excluding hydrogens is 376 g/mol. The van der Waals surface area contributed by atoms with Gasteiger partial charge in [0.25, 0.3) is 0 Å². The molecule has 5 rings (SSSR count). The molecule has 2 aliphatic rings. The molecular formula is C22H18O7. The summed E-state index contributed by atoms with van der Waals surface area (Å²) in [6.45, 7) is 1.64. The topological polar surface area (TPSA) is 84.2 Å². The summed E-state index contributed by atoms with van der Waals surface area (Å²) in [5.74, 6) is 1.50. The second-order valence-corrected chi connectivity index (χ2v) is 7.08. The maximum Gasteiger partial charge on any atom is 0.194 e. The maximum atomic E-state index is 13.4. The van der Waals surface area contributed by atoms with Crippen LogP contribution in [0, 0.1) is 0 Å². The van der Waals surface area contributed by atoms with Crippen molar-refractivity contribution >= 4 is 22.5 Å². The first-order valence-electron chi connectivity index (χ1n) is 9.19. The average Bonchev–Trinajstić information content (AvgIpc) is 3.17. The van der Waals surface area contributed by atoms with Gasteiger partial charge < -0.3 is 23.4 Å². The molecule has 2 atom stereocenters. The van der Waals surface area contributed by atoms with E-state index in [0.29, 0.717) is 45.1 Å². The normalized spacial score (nSPS) is 19.5. The van der Waals surface area contributed by atoms with Gasteiger partial charge in [0.2, 0.25) is 0 Å². The van der Waals surface area contributed by atoms with Gasteiger partial charge in [-0.3, -0.25) is 9.59 Å². The molecule has 0 fully saturated rings. The Morgan fingerprint density at radius 3 is 2.59 bits per heavy atom. The second-order valence-electron chi connectivity index (χ2n) is 7.08. The number of furan rings is 1. The van der Waals surface area contributed by atoms with Gasteiger partial charge in [-0.2, -0.15) is 0 Å².